The molecule has 0 saturated carbocycles. The van der Waals surface area contributed by atoms with Gasteiger partial charge in [-0.05, 0) is 62.7 Å². The van der Waals surface area contributed by atoms with Gasteiger partial charge in [-0.2, -0.15) is 0 Å². The van der Waals surface area contributed by atoms with Gasteiger partial charge in [0.2, 0.25) is 0 Å². The highest BCUT2D eigenvalue weighted by molar-refractivity contribution is 9.10. The van der Waals surface area contributed by atoms with E-state index in [1.165, 1.54) is 6.92 Å². The standard InChI is InChI=1S/C20H22BrNO4/c1-13(2)25-12-15-4-6-16(7-5-15)20(24)26-14(3)19(23)22-18-10-8-17(21)9-11-18/h4-11,13-14H,12H2,1-3H3,(H,22,23)/t14-/m1/s1. The Morgan fingerprint density at radius 2 is 1.62 bits per heavy atom. The monoisotopic (exact) mass is 419 g/mol. The normalized spacial score (nSPS) is 11.9. The lowest BCUT2D eigenvalue weighted by Crippen LogP contribution is -2.30. The third-order valence-corrected chi connectivity index (χ3v) is 4.07. The fraction of sp³-hybridized carbons (Fsp3) is 0.300. The largest absolute Gasteiger partial charge is 0.449 e. The molecule has 1 atom stereocenters. The molecule has 0 fully saturated rings. The van der Waals surface area contributed by atoms with E-state index in [9.17, 15) is 9.59 Å². The van der Waals surface area contributed by atoms with Crippen molar-refractivity contribution in [1.82, 2.24) is 0 Å². The number of carbonyl (C=O) groups excluding carboxylic acids is 2. The fourth-order valence-electron chi connectivity index (χ4n) is 2.06. The van der Waals surface area contributed by atoms with Gasteiger partial charge in [0, 0.05) is 10.2 Å². The van der Waals surface area contributed by atoms with Crippen LogP contribution in [-0.4, -0.2) is 24.1 Å². The third-order valence-electron chi connectivity index (χ3n) is 3.54. The molecular weight excluding hydrogens is 398 g/mol. The van der Waals surface area contributed by atoms with E-state index in [1.54, 1.807) is 24.3 Å². The van der Waals surface area contributed by atoms with Crippen LogP contribution in [0.2, 0.25) is 0 Å². The van der Waals surface area contributed by atoms with Crippen molar-refractivity contribution in [3.8, 4) is 0 Å². The molecule has 1 N–H and O–H groups in total. The van der Waals surface area contributed by atoms with Crippen molar-refractivity contribution in [3.63, 3.8) is 0 Å². The predicted octanol–water partition coefficient (Wildman–Crippen LogP) is 4.56. The number of halogens is 1. The second kappa shape index (κ2) is 9.50. The number of ether oxygens (including phenoxy) is 2. The summed E-state index contributed by atoms with van der Waals surface area (Å²) in [5, 5.41) is 2.71. The molecular formula is C20H22BrNO4. The molecule has 0 aromatic heterocycles. The van der Waals surface area contributed by atoms with Crippen LogP contribution in [0.5, 0.6) is 0 Å². The van der Waals surface area contributed by atoms with Gasteiger partial charge in [-0.15, -0.1) is 0 Å². The number of rotatable bonds is 7. The van der Waals surface area contributed by atoms with Crippen LogP contribution < -0.4 is 5.32 Å². The zero-order valence-corrected chi connectivity index (χ0v) is 16.6. The molecule has 6 heteroatoms. The Hall–Kier alpha value is -2.18. The molecule has 0 unspecified atom stereocenters. The maximum Gasteiger partial charge on any atom is 0.338 e. The zero-order chi connectivity index (χ0) is 19.1. The van der Waals surface area contributed by atoms with Crippen molar-refractivity contribution >= 4 is 33.5 Å². The predicted molar refractivity (Wildman–Crippen MR) is 104 cm³/mol. The number of benzene rings is 2. The number of carbonyl (C=O) groups is 2. The van der Waals surface area contributed by atoms with Crippen molar-refractivity contribution in [2.24, 2.45) is 0 Å². The van der Waals surface area contributed by atoms with Gasteiger partial charge < -0.3 is 14.8 Å². The molecule has 0 spiro atoms. The number of hydrogen-bond acceptors (Lipinski definition) is 4. The molecule has 26 heavy (non-hydrogen) atoms. The van der Waals surface area contributed by atoms with Crippen LogP contribution in [-0.2, 0) is 20.9 Å². The Morgan fingerprint density at radius 1 is 1.00 bits per heavy atom. The Labute approximate surface area is 161 Å². The fourth-order valence-corrected chi connectivity index (χ4v) is 2.32. The molecule has 138 valence electrons. The van der Waals surface area contributed by atoms with E-state index in [2.05, 4.69) is 21.2 Å². The van der Waals surface area contributed by atoms with E-state index in [4.69, 9.17) is 9.47 Å². The van der Waals surface area contributed by atoms with Crippen molar-refractivity contribution in [2.45, 2.75) is 39.6 Å². The third kappa shape index (κ3) is 6.28. The van der Waals surface area contributed by atoms with Crippen molar-refractivity contribution in [1.29, 1.82) is 0 Å². The van der Waals surface area contributed by atoms with Crippen LogP contribution in [0, 0.1) is 0 Å². The smallest absolute Gasteiger partial charge is 0.338 e. The molecule has 1 amide bonds. The Kier molecular flexibility index (Phi) is 7.36. The first-order valence-electron chi connectivity index (χ1n) is 8.33. The summed E-state index contributed by atoms with van der Waals surface area (Å²) >= 11 is 3.33. The minimum absolute atomic E-state index is 0.143. The molecule has 0 aliphatic heterocycles. The second-order valence-electron chi connectivity index (χ2n) is 6.10. The van der Waals surface area contributed by atoms with Crippen molar-refractivity contribution < 1.29 is 19.1 Å². The van der Waals surface area contributed by atoms with Gasteiger partial charge in [0.25, 0.3) is 5.91 Å². The van der Waals surface area contributed by atoms with E-state index < -0.39 is 12.1 Å². The first-order valence-corrected chi connectivity index (χ1v) is 9.12. The Bertz CT molecular complexity index is 741. The maximum absolute atomic E-state index is 12.2. The Morgan fingerprint density at radius 3 is 2.19 bits per heavy atom. The summed E-state index contributed by atoms with van der Waals surface area (Å²) in [6.07, 6.45) is -0.764. The molecule has 2 aromatic carbocycles. The summed E-state index contributed by atoms with van der Waals surface area (Å²) < 4.78 is 11.7. The minimum Gasteiger partial charge on any atom is -0.449 e. The van der Waals surface area contributed by atoms with Gasteiger partial charge in [-0.25, -0.2) is 4.79 Å². The number of anilines is 1. The van der Waals surface area contributed by atoms with Crippen molar-refractivity contribution in [3.05, 3.63) is 64.1 Å². The summed E-state index contributed by atoms with van der Waals surface area (Å²) in [6, 6.07) is 14.1. The quantitative estimate of drug-likeness (QED) is 0.668. The van der Waals surface area contributed by atoms with E-state index >= 15 is 0 Å². The van der Waals surface area contributed by atoms with Crippen LogP contribution in [0.25, 0.3) is 0 Å². The number of esters is 1. The highest BCUT2D eigenvalue weighted by Gasteiger charge is 2.19. The van der Waals surface area contributed by atoms with Gasteiger partial charge in [0.05, 0.1) is 18.3 Å². The molecule has 2 rings (SSSR count). The van der Waals surface area contributed by atoms with Gasteiger partial charge in [0.1, 0.15) is 0 Å². The lowest BCUT2D eigenvalue weighted by molar-refractivity contribution is -0.123. The number of nitrogens with one attached hydrogen (secondary N) is 1. The molecule has 0 heterocycles. The highest BCUT2D eigenvalue weighted by atomic mass is 79.9. The summed E-state index contributed by atoms with van der Waals surface area (Å²) in [6.45, 7) is 5.95. The van der Waals surface area contributed by atoms with E-state index in [1.807, 2.05) is 38.1 Å². The molecule has 0 aliphatic carbocycles. The van der Waals surface area contributed by atoms with Crippen LogP contribution >= 0.6 is 15.9 Å². The SMILES string of the molecule is CC(C)OCc1ccc(C(=O)O[C@H](C)C(=O)Nc2ccc(Br)cc2)cc1. The molecule has 0 bridgehead atoms. The van der Waals surface area contributed by atoms with Crippen LogP contribution in [0.15, 0.2) is 53.0 Å². The number of amides is 1. The van der Waals surface area contributed by atoms with Gasteiger partial charge in [0.15, 0.2) is 6.10 Å². The van der Waals surface area contributed by atoms with Gasteiger partial charge >= 0.3 is 5.97 Å². The molecule has 2 aromatic rings. The van der Waals surface area contributed by atoms with Gasteiger partial charge in [-0.3, -0.25) is 4.79 Å². The average molecular weight is 420 g/mol. The van der Waals surface area contributed by atoms with Crippen LogP contribution in [0.4, 0.5) is 5.69 Å². The topological polar surface area (TPSA) is 64.6 Å². The summed E-state index contributed by atoms with van der Waals surface area (Å²) in [5.41, 5.74) is 1.99. The molecule has 5 nitrogen and oxygen atoms in total. The van der Waals surface area contributed by atoms with E-state index in [0.717, 1.165) is 10.0 Å². The lowest BCUT2D eigenvalue weighted by Gasteiger charge is -2.14. The first-order chi connectivity index (χ1) is 12.3. The summed E-state index contributed by atoms with van der Waals surface area (Å²) in [4.78, 5) is 24.3. The first kappa shape index (κ1) is 20.1. The number of hydrogen-bond donors (Lipinski definition) is 1. The Balaban J connectivity index is 1.89. The second-order valence-corrected chi connectivity index (χ2v) is 7.02. The van der Waals surface area contributed by atoms with Crippen LogP contribution in [0.1, 0.15) is 36.7 Å². The molecule has 0 saturated heterocycles. The van der Waals surface area contributed by atoms with Crippen LogP contribution in [0.3, 0.4) is 0 Å². The molecule has 0 radical (unpaired) electrons. The molecule has 0 aliphatic rings. The maximum atomic E-state index is 12.2. The van der Waals surface area contributed by atoms with E-state index in [-0.39, 0.29) is 12.0 Å². The zero-order valence-electron chi connectivity index (χ0n) is 15.0. The summed E-state index contributed by atoms with van der Waals surface area (Å²) in [7, 11) is 0. The average Bonchev–Trinajstić information content (AvgIpc) is 2.62. The summed E-state index contributed by atoms with van der Waals surface area (Å²) in [5.74, 6) is -0.928. The van der Waals surface area contributed by atoms with E-state index in [0.29, 0.717) is 17.9 Å². The highest BCUT2D eigenvalue weighted by Crippen LogP contribution is 2.15. The van der Waals surface area contributed by atoms with Gasteiger partial charge in [-0.1, -0.05) is 28.1 Å². The lowest BCUT2D eigenvalue weighted by atomic mass is 10.1. The minimum atomic E-state index is -0.907. The van der Waals surface area contributed by atoms with Crippen molar-refractivity contribution in [2.75, 3.05) is 5.32 Å².